The van der Waals surface area contributed by atoms with Gasteiger partial charge in [0, 0.05) is 0 Å². The molecule has 0 atom stereocenters. The number of unbranched alkanes of at least 4 members (excludes halogenated alkanes) is 1. The van der Waals surface area contributed by atoms with Crippen molar-refractivity contribution in [3.63, 3.8) is 0 Å². The molecule has 0 unspecified atom stereocenters. The molecule has 114 valence electrons. The topological polar surface area (TPSA) is 38.1 Å². The minimum atomic E-state index is 0.387. The second-order valence-electron chi connectivity index (χ2n) is 6.19. The number of aromatic hydroxyl groups is 1. The lowest BCUT2D eigenvalue weighted by atomic mass is 10.1. The van der Waals surface area contributed by atoms with Crippen LogP contribution in [0.1, 0.15) is 50.6 Å². The lowest BCUT2D eigenvalue weighted by molar-refractivity contribution is 0.454. The van der Waals surface area contributed by atoms with E-state index in [2.05, 4.69) is 57.1 Å². The fourth-order valence-corrected chi connectivity index (χ4v) is 2.49. The first-order chi connectivity index (χ1) is 10.0. The second kappa shape index (κ2) is 6.79. The van der Waals surface area contributed by atoms with Crippen molar-refractivity contribution in [2.75, 3.05) is 0 Å². The van der Waals surface area contributed by atoms with Crippen LogP contribution in [0.3, 0.4) is 0 Å². The van der Waals surface area contributed by atoms with Crippen LogP contribution in [0.5, 0.6) is 5.75 Å². The first kappa shape index (κ1) is 15.6. The third-order valence-corrected chi connectivity index (χ3v) is 3.67. The summed E-state index contributed by atoms with van der Waals surface area (Å²) in [7, 11) is 0. The molecule has 21 heavy (non-hydrogen) atoms. The van der Waals surface area contributed by atoms with Crippen molar-refractivity contribution in [3.05, 3.63) is 41.2 Å². The zero-order chi connectivity index (χ0) is 15.4. The lowest BCUT2D eigenvalue weighted by Crippen LogP contribution is -2.03. The van der Waals surface area contributed by atoms with Crippen LogP contribution in [-0.4, -0.2) is 14.9 Å². The summed E-state index contributed by atoms with van der Waals surface area (Å²) in [5.74, 6) is 0.869. The van der Waals surface area contributed by atoms with Gasteiger partial charge >= 0.3 is 0 Å². The van der Waals surface area contributed by atoms with Crippen molar-refractivity contribution >= 4 is 0 Å². The fraction of sp³-hybridized carbons (Fsp3) is 0.500. The van der Waals surface area contributed by atoms with Crippen molar-refractivity contribution < 1.29 is 5.11 Å². The highest BCUT2D eigenvalue weighted by Gasteiger charge is 2.18. The van der Waals surface area contributed by atoms with Gasteiger partial charge in [0.25, 0.3) is 0 Å². The van der Waals surface area contributed by atoms with E-state index in [0.29, 0.717) is 11.7 Å². The molecule has 0 bridgehead atoms. The number of hydrogen-bond acceptors (Lipinski definition) is 2. The average Bonchev–Trinajstić information content (AvgIpc) is 2.74. The predicted octanol–water partition coefficient (Wildman–Crippen LogP) is 4.43. The Kier molecular flexibility index (Phi) is 5.05. The van der Waals surface area contributed by atoms with E-state index in [1.54, 1.807) is 0 Å². The van der Waals surface area contributed by atoms with Crippen LogP contribution in [-0.2, 0) is 12.8 Å². The van der Waals surface area contributed by atoms with Gasteiger partial charge in [0.2, 0.25) is 0 Å². The highest BCUT2D eigenvalue weighted by molar-refractivity contribution is 5.42. The van der Waals surface area contributed by atoms with Gasteiger partial charge in [0.1, 0.15) is 5.69 Å². The number of aryl methyl sites for hydroxylation is 1. The smallest absolute Gasteiger partial charge is 0.160 e. The molecule has 2 aromatic rings. The number of rotatable bonds is 6. The molecule has 1 heterocycles. The molecule has 0 radical (unpaired) electrons. The van der Waals surface area contributed by atoms with E-state index in [-0.39, 0.29) is 0 Å². The Morgan fingerprint density at radius 3 is 2.43 bits per heavy atom. The molecule has 0 aliphatic heterocycles. The molecule has 0 amide bonds. The van der Waals surface area contributed by atoms with Crippen LogP contribution in [0.4, 0.5) is 0 Å². The molecular formula is C18H26N2O. The summed E-state index contributed by atoms with van der Waals surface area (Å²) in [6, 6.07) is 8.30. The molecule has 0 saturated carbocycles. The van der Waals surface area contributed by atoms with E-state index >= 15 is 0 Å². The average molecular weight is 286 g/mol. The number of nitrogens with zero attached hydrogens (tertiary/aromatic N) is 2. The largest absolute Gasteiger partial charge is 0.504 e. The maximum Gasteiger partial charge on any atom is 0.160 e. The minimum Gasteiger partial charge on any atom is -0.504 e. The zero-order valence-electron chi connectivity index (χ0n) is 13.6. The Bertz CT molecular complexity index is 582. The van der Waals surface area contributed by atoms with Gasteiger partial charge in [-0.25, -0.2) is 4.68 Å². The van der Waals surface area contributed by atoms with Gasteiger partial charge in [-0.3, -0.25) is 0 Å². The molecule has 1 N–H and O–H groups in total. The molecule has 0 saturated heterocycles. The van der Waals surface area contributed by atoms with Crippen LogP contribution in [0, 0.1) is 12.8 Å². The lowest BCUT2D eigenvalue weighted by Gasteiger charge is -2.07. The highest BCUT2D eigenvalue weighted by Crippen LogP contribution is 2.28. The van der Waals surface area contributed by atoms with Crippen LogP contribution in [0.25, 0.3) is 5.69 Å². The van der Waals surface area contributed by atoms with Gasteiger partial charge in [-0.2, -0.15) is 5.10 Å². The molecule has 3 nitrogen and oxygen atoms in total. The Hall–Kier alpha value is -1.77. The van der Waals surface area contributed by atoms with Crippen molar-refractivity contribution in [1.82, 2.24) is 9.78 Å². The molecule has 2 rings (SSSR count). The molecule has 0 aliphatic carbocycles. The molecule has 3 heteroatoms. The van der Waals surface area contributed by atoms with Crippen LogP contribution < -0.4 is 0 Å². The van der Waals surface area contributed by atoms with Gasteiger partial charge in [0.15, 0.2) is 5.75 Å². The summed E-state index contributed by atoms with van der Waals surface area (Å²) in [5, 5.41) is 15.2. The van der Waals surface area contributed by atoms with E-state index in [4.69, 9.17) is 0 Å². The van der Waals surface area contributed by atoms with E-state index in [0.717, 1.165) is 42.8 Å². The van der Waals surface area contributed by atoms with Crippen molar-refractivity contribution in [1.29, 1.82) is 0 Å². The van der Waals surface area contributed by atoms with Crippen LogP contribution in [0.15, 0.2) is 24.3 Å². The summed E-state index contributed by atoms with van der Waals surface area (Å²) in [4.78, 5) is 0. The molecule has 1 aromatic carbocycles. The van der Waals surface area contributed by atoms with E-state index in [1.165, 1.54) is 5.56 Å². The highest BCUT2D eigenvalue weighted by atomic mass is 16.3. The normalized spacial score (nSPS) is 11.3. The molecular weight excluding hydrogens is 260 g/mol. The van der Waals surface area contributed by atoms with Crippen molar-refractivity contribution in [2.45, 2.75) is 53.4 Å². The van der Waals surface area contributed by atoms with Gasteiger partial charge in [-0.15, -0.1) is 0 Å². The molecule has 1 aromatic heterocycles. The maximum atomic E-state index is 10.5. The number of benzene rings is 1. The summed E-state index contributed by atoms with van der Waals surface area (Å²) in [5.41, 5.74) is 4.01. The Balaban J connectivity index is 2.44. The summed E-state index contributed by atoms with van der Waals surface area (Å²) in [6.07, 6.45) is 3.84. The maximum absolute atomic E-state index is 10.5. The zero-order valence-corrected chi connectivity index (χ0v) is 13.6. The molecule has 0 aliphatic rings. The van der Waals surface area contributed by atoms with Crippen LogP contribution in [0.2, 0.25) is 0 Å². The van der Waals surface area contributed by atoms with E-state index in [9.17, 15) is 5.11 Å². The third-order valence-electron chi connectivity index (χ3n) is 3.67. The van der Waals surface area contributed by atoms with Gasteiger partial charge in [0.05, 0.1) is 11.4 Å². The third kappa shape index (κ3) is 3.66. The summed E-state index contributed by atoms with van der Waals surface area (Å²) in [6.45, 7) is 8.54. The monoisotopic (exact) mass is 286 g/mol. The van der Waals surface area contributed by atoms with Gasteiger partial charge < -0.3 is 5.11 Å². The Morgan fingerprint density at radius 2 is 1.86 bits per heavy atom. The first-order valence-electron chi connectivity index (χ1n) is 7.89. The van der Waals surface area contributed by atoms with E-state index < -0.39 is 0 Å². The van der Waals surface area contributed by atoms with Crippen molar-refractivity contribution in [2.24, 2.45) is 5.92 Å². The standard InChI is InChI=1S/C18H26N2O/c1-5-6-7-17-18(21)16(12-13(2)3)19-20(17)15-10-8-14(4)9-11-15/h8-11,13,21H,5-7,12H2,1-4H3. The van der Waals surface area contributed by atoms with Crippen molar-refractivity contribution in [3.8, 4) is 11.4 Å². The van der Waals surface area contributed by atoms with Gasteiger partial charge in [-0.05, 0) is 44.2 Å². The summed E-state index contributed by atoms with van der Waals surface area (Å²) < 4.78 is 1.92. The SMILES string of the molecule is CCCCc1c(O)c(CC(C)C)nn1-c1ccc(C)cc1. The Labute approximate surface area is 127 Å². The number of hydrogen-bond donors (Lipinski definition) is 1. The predicted molar refractivity (Wildman–Crippen MR) is 87.1 cm³/mol. The molecule has 0 spiro atoms. The second-order valence-corrected chi connectivity index (χ2v) is 6.19. The first-order valence-corrected chi connectivity index (χ1v) is 7.89. The van der Waals surface area contributed by atoms with Crippen LogP contribution >= 0.6 is 0 Å². The quantitative estimate of drug-likeness (QED) is 0.853. The minimum absolute atomic E-state index is 0.387. The summed E-state index contributed by atoms with van der Waals surface area (Å²) >= 11 is 0. The Morgan fingerprint density at radius 1 is 1.19 bits per heavy atom. The number of aromatic nitrogens is 2. The fourth-order valence-electron chi connectivity index (χ4n) is 2.49. The van der Waals surface area contributed by atoms with Gasteiger partial charge in [-0.1, -0.05) is 44.9 Å². The molecule has 0 fully saturated rings. The van der Waals surface area contributed by atoms with E-state index in [1.807, 2.05) is 4.68 Å².